The topological polar surface area (TPSA) is 0 Å². The van der Waals surface area contributed by atoms with Gasteiger partial charge in [0.15, 0.2) is 0 Å². The van der Waals surface area contributed by atoms with Crippen molar-refractivity contribution < 1.29 is 0 Å². The molecule has 11 heavy (non-hydrogen) atoms. The van der Waals surface area contributed by atoms with Crippen molar-refractivity contribution >= 4 is 34.9 Å². The van der Waals surface area contributed by atoms with E-state index in [1.807, 2.05) is 0 Å². The zero-order valence-electron chi connectivity index (χ0n) is 6.76. The van der Waals surface area contributed by atoms with Crippen LogP contribution in [0.3, 0.4) is 0 Å². The molecule has 0 heterocycles. The average molecular weight is 275 g/mol. The third-order valence-corrected chi connectivity index (χ3v) is 10.8. The molecule has 0 aliphatic rings. The van der Waals surface area contributed by atoms with Crippen molar-refractivity contribution in [2.45, 2.75) is 9.38 Å². The van der Waals surface area contributed by atoms with Gasteiger partial charge >= 0.3 is 80.5 Å². The summed E-state index contributed by atoms with van der Waals surface area (Å²) in [5.41, 5.74) is 0. The summed E-state index contributed by atoms with van der Waals surface area (Å²) in [4.78, 5) is 2.42. The van der Waals surface area contributed by atoms with E-state index in [1.165, 1.54) is 4.44 Å². The van der Waals surface area contributed by atoms with Gasteiger partial charge in [0.2, 0.25) is 0 Å². The van der Waals surface area contributed by atoms with E-state index < -0.39 is 19.8 Å². The monoisotopic (exact) mass is 276 g/mol. The van der Waals surface area contributed by atoms with Gasteiger partial charge in [0.25, 0.3) is 0 Å². The first-order chi connectivity index (χ1) is 5.34. The van der Waals surface area contributed by atoms with Crippen LogP contribution in [0.2, 0.25) is 9.38 Å². The second-order valence-corrected chi connectivity index (χ2v) is 11.9. The third kappa shape index (κ3) is 3.04. The predicted molar refractivity (Wildman–Crippen MR) is 54.6 cm³/mol. The van der Waals surface area contributed by atoms with Gasteiger partial charge in [0.05, 0.1) is 0 Å². The summed E-state index contributed by atoms with van der Waals surface area (Å²) < 4.78 is 2.86. The Kier molecular flexibility index (Phi) is 4.31. The van der Waals surface area contributed by atoms with Gasteiger partial charge in [-0.2, -0.15) is 0 Å². The zero-order valence-corrected chi connectivity index (χ0v) is 10.8. The summed E-state index contributed by atoms with van der Waals surface area (Å²) in [5.74, 6) is 0.839. The van der Waals surface area contributed by atoms with Crippen molar-refractivity contribution in [1.29, 1.82) is 0 Å². The fourth-order valence-electron chi connectivity index (χ4n) is 1.11. The van der Waals surface area contributed by atoms with Crippen LogP contribution in [0.5, 0.6) is 0 Å². The number of hydrogen-bond acceptors (Lipinski definition) is 0. The Morgan fingerprint density at radius 2 is 1.91 bits per heavy atom. The summed E-state index contributed by atoms with van der Waals surface area (Å²) in [7, 11) is 0. The van der Waals surface area contributed by atoms with E-state index in [0.29, 0.717) is 0 Å². The minimum absolute atomic E-state index is 0.839. The van der Waals surface area contributed by atoms with E-state index in [2.05, 4.69) is 35.3 Å². The van der Waals surface area contributed by atoms with Crippen molar-refractivity contribution in [1.82, 2.24) is 0 Å². The van der Waals surface area contributed by atoms with Crippen LogP contribution in [0.15, 0.2) is 30.3 Å². The van der Waals surface area contributed by atoms with Crippen molar-refractivity contribution in [3.05, 3.63) is 30.3 Å². The molecule has 0 aromatic heterocycles. The third-order valence-electron chi connectivity index (χ3n) is 1.91. The van der Waals surface area contributed by atoms with E-state index >= 15 is 0 Å². The first kappa shape index (κ1) is 9.40. The van der Waals surface area contributed by atoms with Gasteiger partial charge in [-0.3, -0.25) is 0 Å². The van der Waals surface area contributed by atoms with Gasteiger partial charge in [-0.15, -0.1) is 0 Å². The first-order valence-corrected chi connectivity index (χ1v) is 11.8. The number of hydrogen-bond donors (Lipinski definition) is 0. The van der Waals surface area contributed by atoms with E-state index in [-0.39, 0.29) is 0 Å². The molecular formula is C9H13ClSn. The Labute approximate surface area is 80.3 Å². The first-order valence-electron chi connectivity index (χ1n) is 3.95. The van der Waals surface area contributed by atoms with E-state index in [4.69, 9.17) is 11.6 Å². The SMILES string of the molecule is [CH3][SnH]([CH2]CCl)[c]1ccccc1. The molecule has 0 N–H and O–H groups in total. The number of benzene rings is 1. The van der Waals surface area contributed by atoms with Gasteiger partial charge in [-0.25, -0.2) is 0 Å². The van der Waals surface area contributed by atoms with Crippen molar-refractivity contribution in [3.63, 3.8) is 0 Å². The predicted octanol–water partition coefficient (Wildman–Crippen LogP) is 1.99. The Balaban J connectivity index is 2.61. The molecule has 0 nitrogen and oxygen atoms in total. The molecule has 0 spiro atoms. The molecule has 2 heteroatoms. The fourth-order valence-corrected chi connectivity index (χ4v) is 7.70. The zero-order chi connectivity index (χ0) is 8.10. The molecule has 0 radical (unpaired) electrons. The van der Waals surface area contributed by atoms with Crippen LogP contribution in [0, 0.1) is 0 Å². The van der Waals surface area contributed by atoms with E-state index in [0.717, 1.165) is 5.88 Å². The fraction of sp³-hybridized carbons (Fsp3) is 0.333. The van der Waals surface area contributed by atoms with Crippen LogP contribution < -0.4 is 3.58 Å². The molecule has 0 amide bonds. The molecule has 1 unspecified atom stereocenters. The maximum absolute atomic E-state index is 5.70. The van der Waals surface area contributed by atoms with Crippen molar-refractivity contribution in [3.8, 4) is 0 Å². The molecule has 0 aliphatic heterocycles. The Morgan fingerprint density at radius 3 is 2.45 bits per heavy atom. The van der Waals surface area contributed by atoms with Crippen molar-refractivity contribution in [2.75, 3.05) is 5.88 Å². The number of alkyl halides is 1. The molecule has 1 atom stereocenters. The molecule has 0 bridgehead atoms. The van der Waals surface area contributed by atoms with Crippen LogP contribution in [0.25, 0.3) is 0 Å². The van der Waals surface area contributed by atoms with Gasteiger partial charge in [0, 0.05) is 0 Å². The van der Waals surface area contributed by atoms with Crippen LogP contribution >= 0.6 is 11.6 Å². The standard InChI is InChI=1S/C6H5.C2H4Cl.CH3.Sn.H/c1-2-4-6-5-3-1;1-2-3;;;/h1-5H;1-2H2;1H3;;. The quantitative estimate of drug-likeness (QED) is 0.584. The molecule has 0 saturated heterocycles. The Morgan fingerprint density at radius 1 is 1.27 bits per heavy atom. The minimum atomic E-state index is -1.35. The number of halogens is 1. The molecule has 1 aromatic carbocycles. The van der Waals surface area contributed by atoms with Gasteiger partial charge in [-0.05, 0) is 0 Å². The summed E-state index contributed by atoms with van der Waals surface area (Å²) in [6.45, 7) is 0. The van der Waals surface area contributed by atoms with Crippen LogP contribution in [-0.2, 0) is 0 Å². The Bertz CT molecular complexity index is 198. The summed E-state index contributed by atoms with van der Waals surface area (Å²) >= 11 is 4.35. The van der Waals surface area contributed by atoms with Gasteiger partial charge in [-0.1, -0.05) is 0 Å². The summed E-state index contributed by atoms with van der Waals surface area (Å²) in [6.07, 6.45) is 0. The van der Waals surface area contributed by atoms with Crippen LogP contribution in [-0.4, -0.2) is 25.6 Å². The van der Waals surface area contributed by atoms with E-state index in [9.17, 15) is 0 Å². The second kappa shape index (κ2) is 5.04. The van der Waals surface area contributed by atoms with Crippen molar-refractivity contribution in [2.24, 2.45) is 0 Å². The summed E-state index contributed by atoms with van der Waals surface area (Å²) in [6, 6.07) is 10.8. The molecular weight excluding hydrogens is 262 g/mol. The molecule has 0 fully saturated rings. The molecule has 1 aromatic rings. The molecule has 1 rings (SSSR count). The van der Waals surface area contributed by atoms with Gasteiger partial charge in [0.1, 0.15) is 0 Å². The number of rotatable bonds is 3. The van der Waals surface area contributed by atoms with Crippen LogP contribution in [0.1, 0.15) is 0 Å². The molecule has 0 aliphatic carbocycles. The van der Waals surface area contributed by atoms with Crippen LogP contribution in [0.4, 0.5) is 0 Å². The second-order valence-electron chi connectivity index (χ2n) is 2.79. The Hall–Kier alpha value is 0.309. The molecule has 60 valence electrons. The average Bonchev–Trinajstić information content (AvgIpc) is 2.07. The van der Waals surface area contributed by atoms with E-state index in [1.54, 1.807) is 3.58 Å². The maximum atomic E-state index is 5.70. The summed E-state index contributed by atoms with van der Waals surface area (Å²) in [5, 5.41) is 0. The molecule has 0 saturated carbocycles. The normalized spacial score (nSPS) is 12.9. The van der Waals surface area contributed by atoms with Gasteiger partial charge < -0.3 is 0 Å².